The Bertz CT molecular complexity index is 787. The fourth-order valence-corrected chi connectivity index (χ4v) is 5.65. The van der Waals surface area contributed by atoms with E-state index in [0.29, 0.717) is 32.8 Å². The van der Waals surface area contributed by atoms with Crippen molar-refractivity contribution >= 4 is 32.5 Å². The Balaban J connectivity index is 0.00000243. The van der Waals surface area contributed by atoms with E-state index >= 15 is 0 Å². The highest BCUT2D eigenvalue weighted by Crippen LogP contribution is 2.20. The van der Waals surface area contributed by atoms with Gasteiger partial charge in [-0.2, -0.15) is 4.31 Å². The summed E-state index contributed by atoms with van der Waals surface area (Å²) in [4.78, 5) is 0.159. The highest BCUT2D eigenvalue weighted by Gasteiger charge is 2.27. The predicted octanol–water partition coefficient (Wildman–Crippen LogP) is 0.160. The third-order valence-corrected chi connectivity index (χ3v) is 7.81. The average molecular weight is 426 g/mol. The zero-order valence-corrected chi connectivity index (χ0v) is 16.7. The minimum absolute atomic E-state index is 0. The number of nitrogens with zero attached hydrogens (tertiary/aromatic N) is 1. The summed E-state index contributed by atoms with van der Waals surface area (Å²) in [5.41, 5.74) is 0. The van der Waals surface area contributed by atoms with Crippen molar-refractivity contribution in [1.82, 2.24) is 14.3 Å². The van der Waals surface area contributed by atoms with Crippen molar-refractivity contribution in [2.24, 2.45) is 0 Å². The summed E-state index contributed by atoms with van der Waals surface area (Å²) in [7, 11) is -7.29. The summed E-state index contributed by atoms with van der Waals surface area (Å²) in [6, 6.07) is 5.23. The van der Waals surface area contributed by atoms with Gasteiger partial charge in [-0.25, -0.2) is 21.6 Å². The molecule has 2 saturated heterocycles. The summed E-state index contributed by atoms with van der Waals surface area (Å²) < 4.78 is 59.2. The second-order valence-electron chi connectivity index (χ2n) is 6.15. The van der Waals surface area contributed by atoms with E-state index in [1.807, 2.05) is 0 Å². The van der Waals surface area contributed by atoms with Crippen LogP contribution >= 0.6 is 12.4 Å². The molecule has 8 nitrogen and oxygen atoms in total. The molecule has 0 radical (unpaired) electrons. The highest BCUT2D eigenvalue weighted by molar-refractivity contribution is 7.89. The van der Waals surface area contributed by atoms with Crippen molar-refractivity contribution in [3.63, 3.8) is 0 Å². The summed E-state index contributed by atoms with van der Waals surface area (Å²) in [6.07, 6.45) is 1.71. The largest absolute Gasteiger partial charge is 0.379 e. The zero-order valence-electron chi connectivity index (χ0n) is 14.3. The quantitative estimate of drug-likeness (QED) is 0.696. The maximum Gasteiger partial charge on any atom is 0.243 e. The van der Waals surface area contributed by atoms with Crippen LogP contribution in [0.4, 0.5) is 0 Å². The van der Waals surface area contributed by atoms with Gasteiger partial charge < -0.3 is 10.1 Å². The normalized spacial score (nSPS) is 22.5. The molecule has 0 aromatic heterocycles. The molecule has 0 aliphatic carbocycles. The Morgan fingerprint density at radius 1 is 1.04 bits per heavy atom. The number of piperidine rings is 1. The molecule has 1 atom stereocenters. The summed E-state index contributed by atoms with van der Waals surface area (Å²) in [5.74, 6) is 0. The molecule has 1 aromatic carbocycles. The zero-order chi connectivity index (χ0) is 17.9. The Kier molecular flexibility index (Phi) is 7.43. The Hall–Kier alpha value is -0.750. The van der Waals surface area contributed by atoms with Crippen LogP contribution < -0.4 is 10.0 Å². The lowest BCUT2D eigenvalue weighted by atomic mass is 10.1. The second kappa shape index (κ2) is 8.96. The molecule has 0 bridgehead atoms. The molecular formula is C15H24ClN3O5S2. The molecule has 2 fully saturated rings. The molecular weight excluding hydrogens is 402 g/mol. The van der Waals surface area contributed by atoms with Crippen molar-refractivity contribution in [3.05, 3.63) is 24.3 Å². The first-order chi connectivity index (χ1) is 11.9. The van der Waals surface area contributed by atoms with Crippen LogP contribution in [0.15, 0.2) is 34.1 Å². The summed E-state index contributed by atoms with van der Waals surface area (Å²) >= 11 is 0. The first-order valence-electron chi connectivity index (χ1n) is 8.31. The molecule has 3 rings (SSSR count). The fourth-order valence-electron chi connectivity index (χ4n) is 2.97. The van der Waals surface area contributed by atoms with Gasteiger partial charge >= 0.3 is 0 Å². The lowest BCUT2D eigenvalue weighted by molar-refractivity contribution is 0.0730. The van der Waals surface area contributed by atoms with Crippen LogP contribution in [0.3, 0.4) is 0 Å². The fraction of sp³-hybridized carbons (Fsp3) is 0.600. The van der Waals surface area contributed by atoms with Gasteiger partial charge in [0.15, 0.2) is 0 Å². The van der Waals surface area contributed by atoms with Gasteiger partial charge in [0.05, 0.1) is 23.0 Å². The monoisotopic (exact) mass is 425 g/mol. The smallest absolute Gasteiger partial charge is 0.243 e. The first kappa shape index (κ1) is 21.5. The van der Waals surface area contributed by atoms with E-state index in [0.717, 1.165) is 19.4 Å². The standard InChI is InChI=1S/C15H23N3O5S2.ClH/c19-24(20,17-13-2-1-7-16-12-13)14-3-5-15(6-4-14)25(21,22)18-8-10-23-11-9-18;/h3-6,13,16-17H,1-2,7-12H2;1H. The molecule has 2 aliphatic heterocycles. The predicted molar refractivity (Wildman–Crippen MR) is 99.5 cm³/mol. The Labute approximate surface area is 160 Å². The van der Waals surface area contributed by atoms with Gasteiger partial charge in [0.2, 0.25) is 20.0 Å². The number of rotatable bonds is 5. The molecule has 11 heteroatoms. The van der Waals surface area contributed by atoms with Gasteiger partial charge in [0.25, 0.3) is 0 Å². The first-order valence-corrected chi connectivity index (χ1v) is 11.2. The van der Waals surface area contributed by atoms with Crippen LogP contribution in [-0.2, 0) is 24.8 Å². The van der Waals surface area contributed by atoms with Crippen LogP contribution in [-0.4, -0.2) is 66.6 Å². The number of nitrogens with one attached hydrogen (secondary N) is 2. The van der Waals surface area contributed by atoms with E-state index < -0.39 is 20.0 Å². The minimum Gasteiger partial charge on any atom is -0.379 e. The third kappa shape index (κ3) is 4.94. The van der Waals surface area contributed by atoms with Crippen molar-refractivity contribution in [2.75, 3.05) is 39.4 Å². The molecule has 0 spiro atoms. The molecule has 0 amide bonds. The molecule has 2 N–H and O–H groups in total. The second-order valence-corrected chi connectivity index (χ2v) is 9.80. The lowest BCUT2D eigenvalue weighted by Crippen LogP contribution is -2.45. The SMILES string of the molecule is Cl.O=S(=O)(NC1CCCNC1)c1ccc(S(=O)(=O)N2CCOCC2)cc1. The van der Waals surface area contributed by atoms with Crippen LogP contribution in [0.5, 0.6) is 0 Å². The summed E-state index contributed by atoms with van der Waals surface area (Å²) in [5, 5.41) is 3.15. The number of benzene rings is 1. The number of morpholine rings is 1. The Morgan fingerprint density at radius 3 is 2.23 bits per heavy atom. The third-order valence-electron chi connectivity index (χ3n) is 4.36. The lowest BCUT2D eigenvalue weighted by Gasteiger charge is -2.26. The van der Waals surface area contributed by atoms with Gasteiger partial charge in [-0.15, -0.1) is 12.4 Å². The molecule has 148 valence electrons. The van der Waals surface area contributed by atoms with E-state index in [1.54, 1.807) is 0 Å². The number of ether oxygens (including phenoxy) is 1. The van der Waals surface area contributed by atoms with Crippen LogP contribution in [0.2, 0.25) is 0 Å². The number of hydrogen-bond acceptors (Lipinski definition) is 6. The van der Waals surface area contributed by atoms with Gasteiger partial charge in [-0.05, 0) is 43.7 Å². The Morgan fingerprint density at radius 2 is 1.65 bits per heavy atom. The molecule has 2 aliphatic rings. The molecule has 0 saturated carbocycles. The number of sulfonamides is 2. The van der Waals surface area contributed by atoms with Crippen molar-refractivity contribution in [3.8, 4) is 0 Å². The average Bonchev–Trinajstić information content (AvgIpc) is 2.63. The molecule has 1 aromatic rings. The van der Waals surface area contributed by atoms with Gasteiger partial charge in [0, 0.05) is 25.7 Å². The van der Waals surface area contributed by atoms with E-state index in [1.165, 1.54) is 28.6 Å². The minimum atomic E-state index is -3.67. The van der Waals surface area contributed by atoms with E-state index in [2.05, 4.69) is 10.0 Å². The number of hydrogen-bond donors (Lipinski definition) is 2. The van der Waals surface area contributed by atoms with E-state index in [-0.39, 0.29) is 28.2 Å². The molecule has 2 heterocycles. The van der Waals surface area contributed by atoms with Crippen molar-refractivity contribution in [1.29, 1.82) is 0 Å². The topological polar surface area (TPSA) is 105 Å². The highest BCUT2D eigenvalue weighted by atomic mass is 35.5. The van der Waals surface area contributed by atoms with Gasteiger partial charge in [-0.3, -0.25) is 0 Å². The molecule has 26 heavy (non-hydrogen) atoms. The van der Waals surface area contributed by atoms with E-state index in [4.69, 9.17) is 4.74 Å². The van der Waals surface area contributed by atoms with Crippen molar-refractivity contribution in [2.45, 2.75) is 28.7 Å². The maximum absolute atomic E-state index is 12.6. The summed E-state index contributed by atoms with van der Waals surface area (Å²) in [6.45, 7) is 2.84. The van der Waals surface area contributed by atoms with Gasteiger partial charge in [-0.1, -0.05) is 0 Å². The van der Waals surface area contributed by atoms with Crippen molar-refractivity contribution < 1.29 is 21.6 Å². The maximum atomic E-state index is 12.6. The number of halogens is 1. The van der Waals surface area contributed by atoms with Gasteiger partial charge in [0.1, 0.15) is 0 Å². The van der Waals surface area contributed by atoms with Crippen LogP contribution in [0.1, 0.15) is 12.8 Å². The van der Waals surface area contributed by atoms with E-state index in [9.17, 15) is 16.8 Å². The molecule has 1 unspecified atom stereocenters. The van der Waals surface area contributed by atoms with Crippen LogP contribution in [0, 0.1) is 0 Å². The van der Waals surface area contributed by atoms with Crippen LogP contribution in [0.25, 0.3) is 0 Å².